The first-order valence-electron chi connectivity index (χ1n) is 4.17. The van der Waals surface area contributed by atoms with Crippen molar-refractivity contribution in [2.45, 2.75) is 20.8 Å². The van der Waals surface area contributed by atoms with Gasteiger partial charge in [0.15, 0.2) is 0 Å². The molecule has 0 atom stereocenters. The number of carbonyl (C=O) groups excluding carboxylic acids is 1. The lowest BCUT2D eigenvalue weighted by atomic mass is 10.3. The van der Waals surface area contributed by atoms with Crippen molar-refractivity contribution in [3.05, 3.63) is 11.8 Å². The molecule has 0 aromatic carbocycles. The molecular formula is C9H17NO2. The van der Waals surface area contributed by atoms with Gasteiger partial charge >= 0.3 is 5.97 Å². The standard InChI is InChI=1S/C9H17NO2/c1-5-10(4)7-8(3)9(11)12-6-2/h7H,5-6H2,1-4H3. The zero-order chi connectivity index (χ0) is 9.56. The van der Waals surface area contributed by atoms with Crippen molar-refractivity contribution >= 4 is 5.97 Å². The van der Waals surface area contributed by atoms with Gasteiger partial charge in [0.2, 0.25) is 0 Å². The predicted molar refractivity (Wildman–Crippen MR) is 48.7 cm³/mol. The minimum absolute atomic E-state index is 0.238. The summed E-state index contributed by atoms with van der Waals surface area (Å²) in [6.45, 7) is 6.89. The van der Waals surface area contributed by atoms with Gasteiger partial charge in [0, 0.05) is 25.4 Å². The number of ether oxygens (including phenoxy) is 1. The van der Waals surface area contributed by atoms with Gasteiger partial charge in [-0.1, -0.05) is 0 Å². The van der Waals surface area contributed by atoms with E-state index in [1.807, 2.05) is 18.9 Å². The average molecular weight is 171 g/mol. The number of esters is 1. The van der Waals surface area contributed by atoms with Gasteiger partial charge in [-0.05, 0) is 20.8 Å². The van der Waals surface area contributed by atoms with Crippen molar-refractivity contribution in [3.63, 3.8) is 0 Å². The van der Waals surface area contributed by atoms with E-state index in [2.05, 4.69) is 0 Å². The highest BCUT2D eigenvalue weighted by Crippen LogP contribution is 1.98. The molecule has 0 aromatic rings. The molecule has 0 amide bonds. The zero-order valence-corrected chi connectivity index (χ0v) is 8.26. The largest absolute Gasteiger partial charge is 0.463 e. The van der Waals surface area contributed by atoms with Crippen LogP contribution in [0.1, 0.15) is 20.8 Å². The first kappa shape index (κ1) is 11.0. The topological polar surface area (TPSA) is 29.5 Å². The molecular weight excluding hydrogens is 154 g/mol. The molecule has 0 N–H and O–H groups in total. The smallest absolute Gasteiger partial charge is 0.335 e. The maximum Gasteiger partial charge on any atom is 0.335 e. The van der Waals surface area contributed by atoms with E-state index in [1.165, 1.54) is 0 Å². The molecule has 0 radical (unpaired) electrons. The van der Waals surface area contributed by atoms with Gasteiger partial charge in [-0.2, -0.15) is 0 Å². The molecule has 0 bridgehead atoms. The molecule has 0 aliphatic rings. The second-order valence-corrected chi connectivity index (χ2v) is 2.61. The fourth-order valence-corrected chi connectivity index (χ4v) is 0.720. The van der Waals surface area contributed by atoms with Crippen molar-refractivity contribution in [3.8, 4) is 0 Å². The van der Waals surface area contributed by atoms with Crippen molar-refractivity contribution in [2.75, 3.05) is 20.2 Å². The van der Waals surface area contributed by atoms with Crippen molar-refractivity contribution in [1.29, 1.82) is 0 Å². The summed E-state index contributed by atoms with van der Waals surface area (Å²) in [7, 11) is 1.92. The molecule has 0 heterocycles. The van der Waals surface area contributed by atoms with Gasteiger partial charge in [0.05, 0.1) is 6.61 Å². The fourth-order valence-electron chi connectivity index (χ4n) is 0.720. The van der Waals surface area contributed by atoms with Crippen LogP contribution < -0.4 is 0 Å². The molecule has 0 saturated heterocycles. The van der Waals surface area contributed by atoms with E-state index < -0.39 is 0 Å². The fraction of sp³-hybridized carbons (Fsp3) is 0.667. The van der Waals surface area contributed by atoms with Gasteiger partial charge in [-0.25, -0.2) is 4.79 Å². The Kier molecular flexibility index (Phi) is 5.17. The second-order valence-electron chi connectivity index (χ2n) is 2.61. The molecule has 3 heteroatoms. The molecule has 0 fully saturated rings. The summed E-state index contributed by atoms with van der Waals surface area (Å²) in [6, 6.07) is 0. The molecule has 0 aliphatic heterocycles. The monoisotopic (exact) mass is 171 g/mol. The SMILES string of the molecule is CCOC(=O)C(C)=CN(C)CC. The highest BCUT2D eigenvalue weighted by Gasteiger charge is 2.03. The summed E-state index contributed by atoms with van der Waals surface area (Å²) in [4.78, 5) is 13.0. The van der Waals surface area contributed by atoms with Gasteiger partial charge in [0.25, 0.3) is 0 Å². The van der Waals surface area contributed by atoms with Crippen LogP contribution in [0.3, 0.4) is 0 Å². The van der Waals surface area contributed by atoms with E-state index in [1.54, 1.807) is 20.0 Å². The Balaban J connectivity index is 4.07. The Hall–Kier alpha value is -0.990. The Morgan fingerprint density at radius 2 is 2.08 bits per heavy atom. The lowest BCUT2D eigenvalue weighted by molar-refractivity contribution is -0.138. The predicted octanol–water partition coefficient (Wildman–Crippen LogP) is 1.41. The van der Waals surface area contributed by atoms with Gasteiger partial charge < -0.3 is 9.64 Å². The van der Waals surface area contributed by atoms with E-state index in [9.17, 15) is 4.79 Å². The molecule has 0 unspecified atom stereocenters. The number of nitrogens with zero attached hydrogens (tertiary/aromatic N) is 1. The molecule has 0 saturated carbocycles. The number of hydrogen-bond acceptors (Lipinski definition) is 3. The van der Waals surface area contributed by atoms with Crippen molar-refractivity contribution < 1.29 is 9.53 Å². The third-order valence-electron chi connectivity index (χ3n) is 1.51. The summed E-state index contributed by atoms with van der Waals surface area (Å²) < 4.78 is 4.82. The van der Waals surface area contributed by atoms with E-state index >= 15 is 0 Å². The van der Waals surface area contributed by atoms with Gasteiger partial charge in [0.1, 0.15) is 0 Å². The summed E-state index contributed by atoms with van der Waals surface area (Å²) in [6.07, 6.45) is 1.79. The lowest BCUT2D eigenvalue weighted by Gasteiger charge is -2.11. The van der Waals surface area contributed by atoms with Crippen molar-refractivity contribution in [1.82, 2.24) is 4.90 Å². The molecule has 12 heavy (non-hydrogen) atoms. The summed E-state index contributed by atoms with van der Waals surface area (Å²) in [5.74, 6) is -0.238. The maximum absolute atomic E-state index is 11.1. The lowest BCUT2D eigenvalue weighted by Crippen LogP contribution is -2.13. The van der Waals surface area contributed by atoms with E-state index in [0.717, 1.165) is 6.54 Å². The molecule has 0 spiro atoms. The summed E-state index contributed by atoms with van der Waals surface area (Å²) >= 11 is 0. The quantitative estimate of drug-likeness (QED) is 0.473. The van der Waals surface area contributed by atoms with E-state index in [4.69, 9.17) is 4.74 Å². The maximum atomic E-state index is 11.1. The summed E-state index contributed by atoms with van der Waals surface area (Å²) in [5.41, 5.74) is 0.640. The Bertz CT molecular complexity index is 175. The highest BCUT2D eigenvalue weighted by molar-refractivity contribution is 5.87. The van der Waals surface area contributed by atoms with Crippen molar-refractivity contribution in [2.24, 2.45) is 0 Å². The Labute approximate surface area is 74.0 Å². The van der Waals surface area contributed by atoms with Crippen LogP contribution in [0.25, 0.3) is 0 Å². The molecule has 0 rings (SSSR count). The minimum Gasteiger partial charge on any atom is -0.463 e. The molecule has 3 nitrogen and oxygen atoms in total. The second kappa shape index (κ2) is 5.63. The first-order valence-corrected chi connectivity index (χ1v) is 4.17. The van der Waals surface area contributed by atoms with Crippen LogP contribution in [0, 0.1) is 0 Å². The Morgan fingerprint density at radius 1 is 1.50 bits per heavy atom. The molecule has 0 aromatic heterocycles. The number of hydrogen-bond donors (Lipinski definition) is 0. The van der Waals surface area contributed by atoms with Crippen LogP contribution in [0.4, 0.5) is 0 Å². The van der Waals surface area contributed by atoms with Crippen LogP contribution in [0.15, 0.2) is 11.8 Å². The minimum atomic E-state index is -0.238. The summed E-state index contributed by atoms with van der Waals surface area (Å²) in [5, 5.41) is 0. The third-order valence-corrected chi connectivity index (χ3v) is 1.51. The van der Waals surface area contributed by atoms with Gasteiger partial charge in [-0.3, -0.25) is 0 Å². The number of rotatable bonds is 4. The third kappa shape index (κ3) is 4.01. The first-order chi connectivity index (χ1) is 5.61. The van der Waals surface area contributed by atoms with Crippen LogP contribution in [0.2, 0.25) is 0 Å². The zero-order valence-electron chi connectivity index (χ0n) is 8.26. The normalized spacial score (nSPS) is 11.2. The van der Waals surface area contributed by atoms with E-state index in [0.29, 0.717) is 12.2 Å². The highest BCUT2D eigenvalue weighted by atomic mass is 16.5. The Morgan fingerprint density at radius 3 is 2.50 bits per heavy atom. The number of carbonyl (C=O) groups is 1. The van der Waals surface area contributed by atoms with Gasteiger partial charge in [-0.15, -0.1) is 0 Å². The van der Waals surface area contributed by atoms with Crippen LogP contribution in [0.5, 0.6) is 0 Å². The average Bonchev–Trinajstić information content (AvgIpc) is 2.04. The molecule has 70 valence electrons. The van der Waals surface area contributed by atoms with Crippen LogP contribution in [-0.4, -0.2) is 31.1 Å². The molecule has 0 aliphatic carbocycles. The van der Waals surface area contributed by atoms with Crippen LogP contribution in [-0.2, 0) is 9.53 Å². The van der Waals surface area contributed by atoms with Crippen LogP contribution >= 0.6 is 0 Å². The van der Waals surface area contributed by atoms with E-state index in [-0.39, 0.29) is 5.97 Å².